The molecule has 0 saturated heterocycles. The maximum Gasteiger partial charge on any atom is 0.143 e. The fraction of sp³-hybridized carbons (Fsp3) is 0. The highest BCUT2D eigenvalue weighted by atomic mass is 16.3. The molecule has 0 atom stereocenters. The van der Waals surface area contributed by atoms with Crippen molar-refractivity contribution < 1.29 is 4.42 Å². The number of benzene rings is 10. The molecule has 3 heterocycles. The Morgan fingerprint density at radius 2 is 0.806 bits per heavy atom. The van der Waals surface area contributed by atoms with E-state index >= 15 is 0 Å². The summed E-state index contributed by atoms with van der Waals surface area (Å²) in [6.07, 6.45) is 0. The van der Waals surface area contributed by atoms with Crippen molar-refractivity contribution in [2.45, 2.75) is 0 Å². The molecule has 0 aliphatic carbocycles. The number of hydrogen-bond donors (Lipinski definition) is 0. The van der Waals surface area contributed by atoms with E-state index in [1.807, 2.05) is 0 Å². The van der Waals surface area contributed by atoms with Crippen molar-refractivity contribution in [3.05, 3.63) is 224 Å². The van der Waals surface area contributed by atoms with Crippen LogP contribution in [0.4, 0.5) is 17.1 Å². The van der Waals surface area contributed by atoms with E-state index in [1.165, 1.54) is 49.0 Å². The molecule has 0 spiro atoms. The van der Waals surface area contributed by atoms with Gasteiger partial charge in [0.25, 0.3) is 0 Å². The Balaban J connectivity index is 1.04. The van der Waals surface area contributed by atoms with Crippen LogP contribution in [0.25, 0.3) is 98.8 Å². The molecular formula is C58H37N3O. The number of fused-ring (bicyclic) bond motifs is 11. The lowest BCUT2D eigenvalue weighted by Gasteiger charge is -2.28. The summed E-state index contributed by atoms with van der Waals surface area (Å²) in [5, 5.41) is 9.48. The van der Waals surface area contributed by atoms with Gasteiger partial charge in [-0.3, -0.25) is 0 Å². The lowest BCUT2D eigenvalue weighted by molar-refractivity contribution is 0.674. The van der Waals surface area contributed by atoms with Crippen LogP contribution < -0.4 is 4.90 Å². The quantitative estimate of drug-likeness (QED) is 0.168. The zero-order valence-corrected chi connectivity index (χ0v) is 33.6. The minimum absolute atomic E-state index is 0.881. The second kappa shape index (κ2) is 13.6. The van der Waals surface area contributed by atoms with E-state index in [-0.39, 0.29) is 0 Å². The Morgan fingerprint density at radius 3 is 1.47 bits per heavy atom. The highest BCUT2D eigenvalue weighted by Crippen LogP contribution is 2.46. The molecule has 0 aliphatic heterocycles. The molecule has 0 radical (unpaired) electrons. The predicted molar refractivity (Wildman–Crippen MR) is 260 cm³/mol. The van der Waals surface area contributed by atoms with Gasteiger partial charge in [0.05, 0.1) is 27.8 Å². The molecule has 290 valence electrons. The van der Waals surface area contributed by atoms with Gasteiger partial charge in [-0.15, -0.1) is 0 Å². The summed E-state index contributed by atoms with van der Waals surface area (Å²) in [5.74, 6) is 0. The van der Waals surface area contributed by atoms with Gasteiger partial charge < -0.3 is 18.5 Å². The molecule has 0 aliphatic rings. The molecule has 0 unspecified atom stereocenters. The van der Waals surface area contributed by atoms with Crippen LogP contribution in [0.5, 0.6) is 0 Å². The average molecular weight is 792 g/mol. The number of hydrogen-bond acceptors (Lipinski definition) is 2. The van der Waals surface area contributed by atoms with Crippen LogP contribution in [0.2, 0.25) is 0 Å². The minimum atomic E-state index is 0.881. The number of anilines is 3. The van der Waals surface area contributed by atoms with E-state index in [4.69, 9.17) is 4.42 Å². The predicted octanol–water partition coefficient (Wildman–Crippen LogP) is 16.1. The molecule has 13 aromatic rings. The molecule has 4 nitrogen and oxygen atoms in total. The average Bonchev–Trinajstić information content (AvgIpc) is 4.01. The van der Waals surface area contributed by atoms with Gasteiger partial charge in [0.1, 0.15) is 11.2 Å². The second-order valence-electron chi connectivity index (χ2n) is 16.1. The van der Waals surface area contributed by atoms with E-state index in [0.29, 0.717) is 0 Å². The number of furan rings is 1. The SMILES string of the molecule is c1cc(N(c2ccc(-n3c4ccccc4c4ccccc43)cc2)c2ccccc2-c2cccc3c2oc2c4ccccc4ccc32)cc(-n2c3ccccc3c3ccccc32)c1. The summed E-state index contributed by atoms with van der Waals surface area (Å²) in [7, 11) is 0. The normalized spacial score (nSPS) is 11.9. The first-order chi connectivity index (χ1) is 30.8. The third-order valence-electron chi connectivity index (χ3n) is 12.7. The Morgan fingerprint density at radius 1 is 0.306 bits per heavy atom. The second-order valence-corrected chi connectivity index (χ2v) is 16.1. The van der Waals surface area contributed by atoms with Crippen LogP contribution in [-0.2, 0) is 0 Å². The fourth-order valence-electron chi connectivity index (χ4n) is 9.99. The van der Waals surface area contributed by atoms with Crippen molar-refractivity contribution in [2.24, 2.45) is 0 Å². The summed E-state index contributed by atoms with van der Waals surface area (Å²) in [4.78, 5) is 2.40. The lowest BCUT2D eigenvalue weighted by Crippen LogP contribution is -2.12. The van der Waals surface area contributed by atoms with Crippen LogP contribution in [0, 0.1) is 0 Å². The summed E-state index contributed by atoms with van der Waals surface area (Å²) in [6.45, 7) is 0. The zero-order chi connectivity index (χ0) is 40.7. The van der Waals surface area contributed by atoms with Crippen molar-refractivity contribution in [1.82, 2.24) is 9.13 Å². The number of nitrogens with zero attached hydrogens (tertiary/aromatic N) is 3. The Kier molecular flexibility index (Phi) is 7.57. The first kappa shape index (κ1) is 34.5. The molecule has 0 amide bonds. The largest absolute Gasteiger partial charge is 0.455 e. The highest BCUT2D eigenvalue weighted by Gasteiger charge is 2.22. The number of para-hydroxylation sites is 6. The molecular weight excluding hydrogens is 755 g/mol. The molecule has 0 bridgehead atoms. The van der Waals surface area contributed by atoms with Gasteiger partial charge in [-0.1, -0.05) is 146 Å². The van der Waals surface area contributed by atoms with Crippen molar-refractivity contribution in [2.75, 3.05) is 4.90 Å². The van der Waals surface area contributed by atoms with Crippen LogP contribution in [0.3, 0.4) is 0 Å². The van der Waals surface area contributed by atoms with Gasteiger partial charge in [0, 0.05) is 71.6 Å². The molecule has 62 heavy (non-hydrogen) atoms. The Labute approximate surface area is 357 Å². The highest BCUT2D eigenvalue weighted by molar-refractivity contribution is 6.18. The van der Waals surface area contributed by atoms with Gasteiger partial charge in [0.2, 0.25) is 0 Å². The molecule has 0 fully saturated rings. The summed E-state index contributed by atoms with van der Waals surface area (Å²) in [5.41, 5.74) is 14.0. The van der Waals surface area contributed by atoms with E-state index in [9.17, 15) is 0 Å². The zero-order valence-electron chi connectivity index (χ0n) is 33.6. The maximum atomic E-state index is 6.95. The van der Waals surface area contributed by atoms with E-state index in [0.717, 1.165) is 66.9 Å². The van der Waals surface area contributed by atoms with Crippen LogP contribution in [0.1, 0.15) is 0 Å². The van der Waals surface area contributed by atoms with E-state index in [2.05, 4.69) is 238 Å². The van der Waals surface area contributed by atoms with Gasteiger partial charge >= 0.3 is 0 Å². The van der Waals surface area contributed by atoms with Crippen molar-refractivity contribution in [3.8, 4) is 22.5 Å². The molecule has 13 rings (SSSR count). The lowest BCUT2D eigenvalue weighted by atomic mass is 9.99. The summed E-state index contributed by atoms with van der Waals surface area (Å²) in [6, 6.07) is 80.9. The molecule has 0 N–H and O–H groups in total. The van der Waals surface area contributed by atoms with Crippen LogP contribution >= 0.6 is 0 Å². The Bertz CT molecular complexity index is 3780. The molecule has 4 heteroatoms. The third-order valence-corrected chi connectivity index (χ3v) is 12.7. The van der Waals surface area contributed by atoms with Crippen LogP contribution in [-0.4, -0.2) is 9.13 Å². The topological polar surface area (TPSA) is 26.2 Å². The summed E-state index contributed by atoms with van der Waals surface area (Å²) < 4.78 is 11.7. The van der Waals surface area contributed by atoms with Gasteiger partial charge in [-0.25, -0.2) is 0 Å². The minimum Gasteiger partial charge on any atom is -0.455 e. The number of rotatable bonds is 6. The third kappa shape index (κ3) is 5.14. The van der Waals surface area contributed by atoms with Gasteiger partial charge in [0.15, 0.2) is 0 Å². The smallest absolute Gasteiger partial charge is 0.143 e. The molecule has 3 aromatic heterocycles. The monoisotopic (exact) mass is 791 g/mol. The van der Waals surface area contributed by atoms with Crippen molar-refractivity contribution >= 4 is 93.4 Å². The van der Waals surface area contributed by atoms with E-state index in [1.54, 1.807) is 0 Å². The van der Waals surface area contributed by atoms with Crippen molar-refractivity contribution in [3.63, 3.8) is 0 Å². The molecule has 10 aromatic carbocycles. The first-order valence-electron chi connectivity index (χ1n) is 21.2. The maximum absolute atomic E-state index is 6.95. The van der Waals surface area contributed by atoms with Crippen LogP contribution in [0.15, 0.2) is 229 Å². The fourth-order valence-corrected chi connectivity index (χ4v) is 9.99. The number of aromatic nitrogens is 2. The van der Waals surface area contributed by atoms with Gasteiger partial charge in [-0.2, -0.15) is 0 Å². The summed E-state index contributed by atoms with van der Waals surface area (Å²) >= 11 is 0. The standard InChI is InChI=1S/C58H37N3O/c1-2-18-43-38(15-1)31-36-51-50-25-14-24-49(58(50)62-57(43)51)48-23-7-8-26-52(48)59(39-32-34-40(35-33-39)60-53-27-9-3-19-44(53)45-20-4-10-28-54(45)60)41-16-13-17-42(37-41)61-55-29-11-5-21-46(55)47-22-6-12-30-56(47)61/h1-37H. The first-order valence-corrected chi connectivity index (χ1v) is 21.2. The Hall–Kier alpha value is -8.34. The van der Waals surface area contributed by atoms with E-state index < -0.39 is 0 Å². The molecule has 0 saturated carbocycles. The van der Waals surface area contributed by atoms with Crippen molar-refractivity contribution in [1.29, 1.82) is 0 Å². The van der Waals surface area contributed by atoms with Gasteiger partial charge in [-0.05, 0) is 84.2 Å².